The highest BCUT2D eigenvalue weighted by molar-refractivity contribution is 9.10. The summed E-state index contributed by atoms with van der Waals surface area (Å²) in [5.41, 5.74) is 6.08. The van der Waals surface area contributed by atoms with Gasteiger partial charge in [0.25, 0.3) is 0 Å². The lowest BCUT2D eigenvalue weighted by molar-refractivity contribution is 0.265. The molecule has 1 aromatic rings. The van der Waals surface area contributed by atoms with Gasteiger partial charge < -0.3 is 15.9 Å². The van der Waals surface area contributed by atoms with Crippen LogP contribution in [-0.2, 0) is 0 Å². The highest BCUT2D eigenvalue weighted by Crippen LogP contribution is 2.25. The largest absolute Gasteiger partial charge is 0.508 e. The molecule has 0 spiro atoms. The molecule has 0 amide bonds. The fraction of sp³-hybridized carbons (Fsp3) is 0.250. The summed E-state index contributed by atoms with van der Waals surface area (Å²) in [6.45, 7) is -0.171. The van der Waals surface area contributed by atoms with Gasteiger partial charge in [0.1, 0.15) is 5.75 Å². The molecule has 4 N–H and O–H groups in total. The summed E-state index contributed by atoms with van der Waals surface area (Å²) in [4.78, 5) is 0. The first-order valence-electron chi connectivity index (χ1n) is 3.50. The van der Waals surface area contributed by atoms with Crippen LogP contribution >= 0.6 is 15.9 Å². The van der Waals surface area contributed by atoms with Gasteiger partial charge in [-0.05, 0) is 12.1 Å². The van der Waals surface area contributed by atoms with E-state index in [1.165, 1.54) is 0 Å². The number of aliphatic hydroxyl groups excluding tert-OH is 1. The third-order valence-electron chi connectivity index (χ3n) is 1.59. The van der Waals surface area contributed by atoms with Crippen molar-refractivity contribution in [2.24, 2.45) is 5.73 Å². The molecular weight excluding hydrogens is 222 g/mol. The van der Waals surface area contributed by atoms with E-state index in [0.717, 1.165) is 4.47 Å². The van der Waals surface area contributed by atoms with Crippen LogP contribution < -0.4 is 5.73 Å². The van der Waals surface area contributed by atoms with Crippen LogP contribution in [0.2, 0.25) is 0 Å². The smallest absolute Gasteiger partial charge is 0.121 e. The summed E-state index contributed by atoms with van der Waals surface area (Å²) in [5.74, 6) is 0.103. The van der Waals surface area contributed by atoms with Crippen molar-refractivity contribution >= 4 is 15.9 Å². The average molecular weight is 232 g/mol. The molecule has 1 atom stereocenters. The van der Waals surface area contributed by atoms with Crippen molar-refractivity contribution in [1.82, 2.24) is 0 Å². The Bertz CT molecular complexity index is 278. The second kappa shape index (κ2) is 3.89. The standard InChI is InChI=1S/C8H10BrNO2/c9-5-1-2-6(7(10)4-11)8(12)3-5/h1-3,7,11-12H,4,10H2. The predicted octanol–water partition coefficient (Wildman–Crippen LogP) is 1.15. The van der Waals surface area contributed by atoms with Crippen molar-refractivity contribution in [1.29, 1.82) is 0 Å². The van der Waals surface area contributed by atoms with E-state index in [0.29, 0.717) is 5.56 Å². The molecule has 12 heavy (non-hydrogen) atoms. The molecule has 0 fully saturated rings. The number of halogens is 1. The van der Waals surface area contributed by atoms with Crippen molar-refractivity contribution in [3.8, 4) is 5.75 Å². The molecule has 0 aliphatic rings. The molecule has 0 aliphatic carbocycles. The molecule has 0 saturated heterocycles. The summed E-state index contributed by atoms with van der Waals surface area (Å²) in [5, 5.41) is 18.1. The Kier molecular flexibility index (Phi) is 3.08. The molecular formula is C8H10BrNO2. The summed E-state index contributed by atoms with van der Waals surface area (Å²) in [7, 11) is 0. The molecule has 0 bridgehead atoms. The number of aromatic hydroxyl groups is 1. The van der Waals surface area contributed by atoms with Gasteiger partial charge in [0.2, 0.25) is 0 Å². The zero-order valence-corrected chi connectivity index (χ0v) is 7.95. The minimum atomic E-state index is -0.516. The van der Waals surface area contributed by atoms with Crippen molar-refractivity contribution in [3.63, 3.8) is 0 Å². The highest BCUT2D eigenvalue weighted by Gasteiger charge is 2.08. The molecule has 0 saturated carbocycles. The van der Waals surface area contributed by atoms with Crippen LogP contribution in [0.5, 0.6) is 5.75 Å². The first-order chi connectivity index (χ1) is 5.65. The van der Waals surface area contributed by atoms with E-state index in [9.17, 15) is 5.11 Å². The molecule has 1 rings (SSSR count). The fourth-order valence-electron chi connectivity index (χ4n) is 0.929. The maximum atomic E-state index is 9.37. The molecule has 0 heterocycles. The highest BCUT2D eigenvalue weighted by atomic mass is 79.9. The van der Waals surface area contributed by atoms with E-state index in [4.69, 9.17) is 10.8 Å². The Morgan fingerprint density at radius 3 is 2.67 bits per heavy atom. The van der Waals surface area contributed by atoms with Crippen molar-refractivity contribution in [2.75, 3.05) is 6.61 Å². The number of benzene rings is 1. The quantitative estimate of drug-likeness (QED) is 0.716. The summed E-state index contributed by atoms with van der Waals surface area (Å²) < 4.78 is 0.786. The van der Waals surface area contributed by atoms with Gasteiger partial charge in [0, 0.05) is 10.0 Å². The van der Waals surface area contributed by atoms with Crippen LogP contribution in [0, 0.1) is 0 Å². The number of hydrogen-bond acceptors (Lipinski definition) is 3. The topological polar surface area (TPSA) is 66.5 Å². The SMILES string of the molecule is NC(CO)c1ccc(Br)cc1O. The average Bonchev–Trinajstić information content (AvgIpc) is 2.03. The number of hydrogen-bond donors (Lipinski definition) is 3. The maximum absolute atomic E-state index is 9.37. The molecule has 0 aromatic heterocycles. The molecule has 1 aromatic carbocycles. The van der Waals surface area contributed by atoms with Crippen molar-refractivity contribution < 1.29 is 10.2 Å². The van der Waals surface area contributed by atoms with E-state index in [-0.39, 0.29) is 12.4 Å². The minimum absolute atomic E-state index is 0.103. The Labute approximate surface area is 79.0 Å². The number of phenolic OH excluding ortho intramolecular Hbond substituents is 1. The van der Waals surface area contributed by atoms with Crippen LogP contribution in [0.3, 0.4) is 0 Å². The second-order valence-electron chi connectivity index (χ2n) is 2.49. The van der Waals surface area contributed by atoms with Gasteiger partial charge in [0.05, 0.1) is 12.6 Å². The van der Waals surface area contributed by atoms with E-state index >= 15 is 0 Å². The number of rotatable bonds is 2. The summed E-state index contributed by atoms with van der Waals surface area (Å²) in [6.07, 6.45) is 0. The summed E-state index contributed by atoms with van der Waals surface area (Å²) >= 11 is 3.20. The van der Waals surface area contributed by atoms with Gasteiger partial charge in [-0.1, -0.05) is 22.0 Å². The van der Waals surface area contributed by atoms with Gasteiger partial charge in [-0.25, -0.2) is 0 Å². The number of nitrogens with two attached hydrogens (primary N) is 1. The molecule has 3 nitrogen and oxygen atoms in total. The lowest BCUT2D eigenvalue weighted by Gasteiger charge is -2.10. The van der Waals surface area contributed by atoms with E-state index in [1.54, 1.807) is 18.2 Å². The summed E-state index contributed by atoms with van der Waals surface area (Å²) in [6, 6.07) is 4.48. The van der Waals surface area contributed by atoms with Gasteiger partial charge in [-0.2, -0.15) is 0 Å². The molecule has 4 heteroatoms. The molecule has 0 aliphatic heterocycles. The Hall–Kier alpha value is -0.580. The minimum Gasteiger partial charge on any atom is -0.508 e. The van der Waals surface area contributed by atoms with Gasteiger partial charge >= 0.3 is 0 Å². The molecule has 1 unspecified atom stereocenters. The van der Waals surface area contributed by atoms with Gasteiger partial charge in [0.15, 0.2) is 0 Å². The molecule has 0 radical (unpaired) electrons. The van der Waals surface area contributed by atoms with E-state index < -0.39 is 6.04 Å². The van der Waals surface area contributed by atoms with Crippen molar-refractivity contribution in [3.05, 3.63) is 28.2 Å². The van der Waals surface area contributed by atoms with Gasteiger partial charge in [-0.15, -0.1) is 0 Å². The van der Waals surface area contributed by atoms with Gasteiger partial charge in [-0.3, -0.25) is 0 Å². The van der Waals surface area contributed by atoms with E-state index in [2.05, 4.69) is 15.9 Å². The Morgan fingerprint density at radius 1 is 1.50 bits per heavy atom. The first-order valence-corrected chi connectivity index (χ1v) is 4.29. The Morgan fingerprint density at radius 2 is 2.17 bits per heavy atom. The lowest BCUT2D eigenvalue weighted by atomic mass is 10.1. The third kappa shape index (κ3) is 1.97. The van der Waals surface area contributed by atoms with Crippen LogP contribution in [0.1, 0.15) is 11.6 Å². The number of aliphatic hydroxyl groups is 1. The normalized spacial score (nSPS) is 12.9. The Balaban J connectivity index is 3.01. The van der Waals surface area contributed by atoms with Crippen LogP contribution in [0.25, 0.3) is 0 Å². The van der Waals surface area contributed by atoms with Crippen LogP contribution in [0.4, 0.5) is 0 Å². The van der Waals surface area contributed by atoms with Crippen molar-refractivity contribution in [2.45, 2.75) is 6.04 Å². The zero-order valence-electron chi connectivity index (χ0n) is 6.37. The first kappa shape index (κ1) is 9.51. The second-order valence-corrected chi connectivity index (χ2v) is 3.41. The van der Waals surface area contributed by atoms with Crippen LogP contribution in [0.15, 0.2) is 22.7 Å². The van der Waals surface area contributed by atoms with E-state index in [1.807, 2.05) is 0 Å². The zero-order chi connectivity index (χ0) is 9.14. The number of phenols is 1. The third-order valence-corrected chi connectivity index (χ3v) is 2.08. The lowest BCUT2D eigenvalue weighted by Crippen LogP contribution is -2.14. The monoisotopic (exact) mass is 231 g/mol. The fourth-order valence-corrected chi connectivity index (χ4v) is 1.28. The predicted molar refractivity (Wildman–Crippen MR) is 49.8 cm³/mol. The molecule has 66 valence electrons. The maximum Gasteiger partial charge on any atom is 0.121 e. The van der Waals surface area contributed by atoms with Crippen LogP contribution in [-0.4, -0.2) is 16.8 Å².